The molecular formula is C29H29N5O3. The maximum Gasteiger partial charge on any atom is 0.274 e. The Hall–Kier alpha value is -4.43. The van der Waals surface area contributed by atoms with E-state index in [1.165, 1.54) is 4.57 Å². The lowest BCUT2D eigenvalue weighted by Gasteiger charge is -2.31. The number of aryl methyl sites for hydroxylation is 1. The summed E-state index contributed by atoms with van der Waals surface area (Å²) >= 11 is 0. The van der Waals surface area contributed by atoms with Gasteiger partial charge in [-0.15, -0.1) is 0 Å². The van der Waals surface area contributed by atoms with Crippen LogP contribution in [-0.2, 0) is 20.1 Å². The number of benzene rings is 2. The fraction of sp³-hybridized carbons (Fsp3) is 0.207. The third kappa shape index (κ3) is 4.59. The van der Waals surface area contributed by atoms with Crippen LogP contribution in [0.5, 0.6) is 0 Å². The van der Waals surface area contributed by atoms with Gasteiger partial charge in [0.25, 0.3) is 11.5 Å². The Bertz CT molecular complexity index is 1530. The van der Waals surface area contributed by atoms with E-state index >= 15 is 0 Å². The highest BCUT2D eigenvalue weighted by Gasteiger charge is 2.28. The minimum Gasteiger partial charge on any atom is -0.392 e. The summed E-state index contributed by atoms with van der Waals surface area (Å²) in [6.07, 6.45) is 4.11. The smallest absolute Gasteiger partial charge is 0.274 e. The van der Waals surface area contributed by atoms with Crippen LogP contribution < -0.4 is 20.7 Å². The van der Waals surface area contributed by atoms with E-state index in [1.54, 1.807) is 42.5 Å². The molecule has 0 atom stereocenters. The van der Waals surface area contributed by atoms with Crippen molar-refractivity contribution in [1.29, 1.82) is 0 Å². The van der Waals surface area contributed by atoms with Crippen LogP contribution in [0.1, 0.15) is 21.5 Å². The fourth-order valence-corrected chi connectivity index (χ4v) is 4.77. The molecule has 0 radical (unpaired) electrons. The summed E-state index contributed by atoms with van der Waals surface area (Å²) in [7, 11) is 5.65. The van der Waals surface area contributed by atoms with Gasteiger partial charge in [0, 0.05) is 62.5 Å². The van der Waals surface area contributed by atoms with Crippen LogP contribution >= 0.6 is 0 Å². The largest absolute Gasteiger partial charge is 0.392 e. The van der Waals surface area contributed by atoms with E-state index in [2.05, 4.69) is 16.4 Å². The van der Waals surface area contributed by atoms with Crippen molar-refractivity contribution in [2.75, 3.05) is 35.8 Å². The second-order valence-electron chi connectivity index (χ2n) is 9.30. The molecule has 0 saturated heterocycles. The van der Waals surface area contributed by atoms with Crippen molar-refractivity contribution in [1.82, 2.24) is 9.55 Å². The van der Waals surface area contributed by atoms with Gasteiger partial charge in [0.15, 0.2) is 0 Å². The lowest BCUT2D eigenvalue weighted by atomic mass is 9.94. The zero-order valence-electron chi connectivity index (χ0n) is 21.1. The number of amides is 1. The number of anilines is 4. The summed E-state index contributed by atoms with van der Waals surface area (Å²) in [6, 6.07) is 18.7. The highest BCUT2D eigenvalue weighted by atomic mass is 16.3. The molecule has 5 rings (SSSR count). The molecule has 1 aliphatic rings. The van der Waals surface area contributed by atoms with Gasteiger partial charge in [0.05, 0.1) is 12.3 Å². The van der Waals surface area contributed by atoms with Gasteiger partial charge in [-0.25, -0.2) is 4.98 Å². The standard InChI is InChI=1S/C29H29N5O3/c1-32(2)21-10-11-23-19(15-21)12-14-34(28(23)36)26-8-6-7-22(24(26)18-35)20-16-25(29(37)33(3)17-20)31-27-9-4-5-13-30-27/h4-11,13,15-17,35H,12,14,18H2,1-3H3,(H,30,31). The van der Waals surface area contributed by atoms with E-state index in [1.807, 2.05) is 55.4 Å². The van der Waals surface area contributed by atoms with Crippen LogP contribution in [0.4, 0.5) is 22.9 Å². The van der Waals surface area contributed by atoms with Crippen molar-refractivity contribution in [2.24, 2.45) is 7.05 Å². The van der Waals surface area contributed by atoms with Gasteiger partial charge in [0.2, 0.25) is 0 Å². The van der Waals surface area contributed by atoms with Crippen molar-refractivity contribution < 1.29 is 9.90 Å². The van der Waals surface area contributed by atoms with Crippen LogP contribution in [0.3, 0.4) is 0 Å². The summed E-state index contributed by atoms with van der Waals surface area (Å²) in [6.45, 7) is 0.256. The lowest BCUT2D eigenvalue weighted by Crippen LogP contribution is -2.38. The molecule has 3 heterocycles. The first-order valence-electron chi connectivity index (χ1n) is 12.1. The molecule has 1 amide bonds. The molecule has 2 aromatic carbocycles. The number of nitrogens with zero attached hydrogens (tertiary/aromatic N) is 4. The van der Waals surface area contributed by atoms with Crippen molar-refractivity contribution >= 4 is 28.8 Å². The summed E-state index contributed by atoms with van der Waals surface area (Å²) < 4.78 is 1.50. The number of pyridine rings is 2. The Balaban J connectivity index is 1.55. The molecule has 188 valence electrons. The van der Waals surface area contributed by atoms with Gasteiger partial charge in [0.1, 0.15) is 11.5 Å². The molecule has 2 aromatic heterocycles. The number of carbonyl (C=O) groups is 1. The summed E-state index contributed by atoms with van der Waals surface area (Å²) in [5.41, 5.74) is 5.72. The molecule has 8 heteroatoms. The third-order valence-electron chi connectivity index (χ3n) is 6.71. The molecule has 0 spiro atoms. The highest BCUT2D eigenvalue weighted by molar-refractivity contribution is 6.09. The Labute approximate surface area is 215 Å². The number of aliphatic hydroxyl groups excluding tert-OH is 1. The van der Waals surface area contributed by atoms with Gasteiger partial charge in [-0.2, -0.15) is 0 Å². The third-order valence-corrected chi connectivity index (χ3v) is 6.71. The molecule has 8 nitrogen and oxygen atoms in total. The van der Waals surface area contributed by atoms with E-state index in [-0.39, 0.29) is 18.1 Å². The molecule has 37 heavy (non-hydrogen) atoms. The second-order valence-corrected chi connectivity index (χ2v) is 9.30. The zero-order valence-corrected chi connectivity index (χ0v) is 21.1. The molecule has 4 aromatic rings. The summed E-state index contributed by atoms with van der Waals surface area (Å²) in [5.74, 6) is 0.472. The summed E-state index contributed by atoms with van der Waals surface area (Å²) in [5, 5.41) is 13.6. The van der Waals surface area contributed by atoms with Crippen LogP contribution in [0.15, 0.2) is 77.9 Å². The Kier molecular flexibility index (Phi) is 6.50. The molecule has 0 saturated carbocycles. The number of rotatable bonds is 6. The maximum absolute atomic E-state index is 13.5. The molecule has 0 aliphatic carbocycles. The first-order valence-corrected chi connectivity index (χ1v) is 12.1. The first kappa shape index (κ1) is 24.3. The average molecular weight is 496 g/mol. The Morgan fingerprint density at radius 2 is 1.86 bits per heavy atom. The minimum atomic E-state index is -0.256. The number of hydrogen-bond donors (Lipinski definition) is 2. The van der Waals surface area contributed by atoms with E-state index < -0.39 is 0 Å². The van der Waals surface area contributed by atoms with Crippen molar-refractivity contribution in [3.05, 3.63) is 100 Å². The van der Waals surface area contributed by atoms with Gasteiger partial charge < -0.3 is 24.8 Å². The lowest BCUT2D eigenvalue weighted by molar-refractivity contribution is 0.0980. The van der Waals surface area contributed by atoms with Crippen molar-refractivity contribution in [3.63, 3.8) is 0 Å². The van der Waals surface area contributed by atoms with Gasteiger partial charge in [-0.05, 0) is 60.0 Å². The van der Waals surface area contributed by atoms with E-state index in [0.29, 0.717) is 34.9 Å². The molecule has 0 unspecified atom stereocenters. The minimum absolute atomic E-state index is 0.0867. The number of aliphatic hydroxyl groups is 1. The number of aromatic nitrogens is 2. The Morgan fingerprint density at radius 1 is 1.03 bits per heavy atom. The average Bonchev–Trinajstić information content (AvgIpc) is 2.91. The van der Waals surface area contributed by atoms with Crippen LogP contribution in [0, 0.1) is 0 Å². The van der Waals surface area contributed by atoms with E-state index in [0.717, 1.165) is 28.8 Å². The normalized spacial score (nSPS) is 12.9. The number of nitrogens with one attached hydrogen (secondary N) is 1. The Morgan fingerprint density at radius 3 is 2.59 bits per heavy atom. The van der Waals surface area contributed by atoms with Gasteiger partial charge in [-0.1, -0.05) is 18.2 Å². The van der Waals surface area contributed by atoms with Gasteiger partial charge >= 0.3 is 0 Å². The number of hydrogen-bond acceptors (Lipinski definition) is 6. The zero-order chi connectivity index (χ0) is 26.1. The van der Waals surface area contributed by atoms with Gasteiger partial charge in [-0.3, -0.25) is 9.59 Å². The molecule has 0 bridgehead atoms. The van der Waals surface area contributed by atoms with E-state index in [9.17, 15) is 14.7 Å². The second kappa shape index (κ2) is 9.91. The van der Waals surface area contributed by atoms with Crippen molar-refractivity contribution in [3.8, 4) is 11.1 Å². The highest BCUT2D eigenvalue weighted by Crippen LogP contribution is 2.35. The fourth-order valence-electron chi connectivity index (χ4n) is 4.77. The van der Waals surface area contributed by atoms with Crippen LogP contribution in [-0.4, -0.2) is 41.2 Å². The molecule has 0 fully saturated rings. The van der Waals surface area contributed by atoms with E-state index in [4.69, 9.17) is 0 Å². The van der Waals surface area contributed by atoms with Crippen LogP contribution in [0.25, 0.3) is 11.1 Å². The van der Waals surface area contributed by atoms with Crippen molar-refractivity contribution in [2.45, 2.75) is 13.0 Å². The predicted molar refractivity (Wildman–Crippen MR) is 147 cm³/mol. The molecular weight excluding hydrogens is 466 g/mol. The number of fused-ring (bicyclic) bond motifs is 1. The maximum atomic E-state index is 13.5. The topological polar surface area (TPSA) is 90.7 Å². The quantitative estimate of drug-likeness (QED) is 0.421. The number of carbonyl (C=O) groups excluding carboxylic acids is 1. The SMILES string of the molecule is CN(C)c1ccc2c(c1)CCN(c1cccc(-c3cc(Nc4ccccn4)c(=O)n(C)c3)c1CO)C2=O. The summed E-state index contributed by atoms with van der Waals surface area (Å²) in [4.78, 5) is 34.4. The molecule has 1 aliphatic heterocycles. The monoisotopic (exact) mass is 495 g/mol. The molecule has 2 N–H and O–H groups in total. The predicted octanol–water partition coefficient (Wildman–Crippen LogP) is 3.95. The van der Waals surface area contributed by atoms with Crippen LogP contribution in [0.2, 0.25) is 0 Å². The first-order chi connectivity index (χ1) is 17.9.